The van der Waals surface area contributed by atoms with Crippen LogP contribution < -0.4 is 10.6 Å². The number of nitrogens with zero attached hydrogens (tertiary/aromatic N) is 2. The average molecular weight is 591 g/mol. The van der Waals surface area contributed by atoms with Crippen molar-refractivity contribution in [2.75, 3.05) is 11.1 Å². The minimum absolute atomic E-state index is 0.125. The Morgan fingerprint density at radius 3 is 2.02 bits per heavy atom. The Labute approximate surface area is 253 Å². The van der Waals surface area contributed by atoms with Crippen LogP contribution in [-0.4, -0.2) is 27.5 Å². The maximum atomic E-state index is 13.4. The number of carbonyl (C=O) groups is 2. The lowest BCUT2D eigenvalue weighted by atomic mass is 9.95. The van der Waals surface area contributed by atoms with Crippen molar-refractivity contribution < 1.29 is 9.59 Å². The standard InChI is InChI=1S/C34H30N4O2S2/c39-30(22-41-34-36-27(24-14-6-2-7-15-24)20-28(37-34)25-16-8-3-9-17-25)38-33-31(26-18-10-11-19-29(26)42-33)32(40)35-21-23-12-4-1-5-13-23/h1-9,12-17,20H,10-11,18-19,21-22H2,(H,35,40)(H,38,39). The predicted octanol–water partition coefficient (Wildman–Crippen LogP) is 7.41. The fourth-order valence-corrected chi connectivity index (χ4v) is 7.02. The van der Waals surface area contributed by atoms with Gasteiger partial charge in [-0.2, -0.15) is 0 Å². The van der Waals surface area contributed by atoms with E-state index in [1.54, 1.807) is 0 Å². The Kier molecular flexibility index (Phi) is 8.72. The summed E-state index contributed by atoms with van der Waals surface area (Å²) < 4.78 is 0. The highest BCUT2D eigenvalue weighted by Gasteiger charge is 2.26. The van der Waals surface area contributed by atoms with E-state index in [4.69, 9.17) is 9.97 Å². The smallest absolute Gasteiger partial charge is 0.254 e. The molecule has 0 spiro atoms. The number of carbonyl (C=O) groups excluding carboxylic acids is 2. The highest BCUT2D eigenvalue weighted by Crippen LogP contribution is 2.38. The third kappa shape index (κ3) is 6.61. The van der Waals surface area contributed by atoms with Crippen LogP contribution in [0.2, 0.25) is 0 Å². The van der Waals surface area contributed by atoms with Gasteiger partial charge in [0.25, 0.3) is 5.91 Å². The second-order valence-corrected chi connectivity index (χ2v) is 12.1. The molecule has 42 heavy (non-hydrogen) atoms. The Hall–Kier alpha value is -4.27. The Morgan fingerprint density at radius 1 is 0.786 bits per heavy atom. The molecule has 5 aromatic rings. The van der Waals surface area contributed by atoms with Gasteiger partial charge in [-0.3, -0.25) is 9.59 Å². The molecule has 1 aliphatic carbocycles. The second-order valence-electron chi connectivity index (χ2n) is 10.1. The van der Waals surface area contributed by atoms with Crippen LogP contribution in [-0.2, 0) is 24.2 Å². The number of thioether (sulfide) groups is 1. The van der Waals surface area contributed by atoms with Gasteiger partial charge in [0, 0.05) is 22.5 Å². The van der Waals surface area contributed by atoms with Crippen LogP contribution in [0.5, 0.6) is 0 Å². The summed E-state index contributed by atoms with van der Waals surface area (Å²) in [5.74, 6) is -0.210. The molecule has 2 aromatic heterocycles. The zero-order valence-corrected chi connectivity index (χ0v) is 24.6. The van der Waals surface area contributed by atoms with Crippen LogP contribution in [0.25, 0.3) is 22.5 Å². The van der Waals surface area contributed by atoms with E-state index in [1.807, 2.05) is 97.1 Å². The average Bonchev–Trinajstić information content (AvgIpc) is 3.41. The molecule has 210 valence electrons. The van der Waals surface area contributed by atoms with Gasteiger partial charge in [-0.05, 0) is 42.9 Å². The summed E-state index contributed by atoms with van der Waals surface area (Å²) in [6.45, 7) is 0.437. The first-order valence-corrected chi connectivity index (χ1v) is 15.8. The first-order valence-electron chi connectivity index (χ1n) is 14.0. The Morgan fingerprint density at radius 2 is 1.38 bits per heavy atom. The number of benzene rings is 3. The quantitative estimate of drug-likeness (QED) is 0.138. The van der Waals surface area contributed by atoms with Gasteiger partial charge >= 0.3 is 0 Å². The molecule has 1 aliphatic rings. The molecule has 6 rings (SSSR count). The van der Waals surface area contributed by atoms with Crippen LogP contribution in [0.4, 0.5) is 5.00 Å². The lowest BCUT2D eigenvalue weighted by molar-refractivity contribution is -0.113. The maximum Gasteiger partial charge on any atom is 0.254 e. The molecule has 0 aliphatic heterocycles. The van der Waals surface area contributed by atoms with Crippen molar-refractivity contribution in [2.24, 2.45) is 0 Å². The number of fused-ring (bicyclic) bond motifs is 1. The molecule has 0 bridgehead atoms. The predicted molar refractivity (Wildman–Crippen MR) is 171 cm³/mol. The van der Waals surface area contributed by atoms with Crippen LogP contribution in [0, 0.1) is 0 Å². The van der Waals surface area contributed by atoms with Crippen LogP contribution >= 0.6 is 23.1 Å². The van der Waals surface area contributed by atoms with Gasteiger partial charge in [-0.1, -0.05) is 103 Å². The van der Waals surface area contributed by atoms with Crippen molar-refractivity contribution in [1.29, 1.82) is 0 Å². The lowest BCUT2D eigenvalue weighted by Crippen LogP contribution is -2.25. The lowest BCUT2D eigenvalue weighted by Gasteiger charge is -2.13. The normalized spacial score (nSPS) is 12.4. The van der Waals surface area contributed by atoms with Crippen molar-refractivity contribution >= 4 is 39.9 Å². The Balaban J connectivity index is 1.20. The van der Waals surface area contributed by atoms with Crippen molar-refractivity contribution in [3.8, 4) is 22.5 Å². The number of anilines is 1. The summed E-state index contributed by atoms with van der Waals surface area (Å²) in [6, 6.07) is 31.8. The van der Waals surface area contributed by atoms with Crippen LogP contribution in [0.3, 0.4) is 0 Å². The van der Waals surface area contributed by atoms with E-state index in [9.17, 15) is 9.59 Å². The molecule has 0 saturated carbocycles. The molecule has 0 unspecified atom stereocenters. The molecule has 2 amide bonds. The molecule has 3 aromatic carbocycles. The summed E-state index contributed by atoms with van der Waals surface area (Å²) in [5, 5.41) is 7.26. The van der Waals surface area contributed by atoms with E-state index < -0.39 is 0 Å². The molecule has 0 saturated heterocycles. The molecular weight excluding hydrogens is 561 g/mol. The summed E-state index contributed by atoms with van der Waals surface area (Å²) in [4.78, 5) is 37.4. The first kappa shape index (κ1) is 27.9. The minimum atomic E-state index is -0.189. The third-order valence-corrected chi connectivity index (χ3v) is 9.18. The molecule has 2 heterocycles. The van der Waals surface area contributed by atoms with Gasteiger partial charge in [-0.15, -0.1) is 11.3 Å². The number of hydrogen-bond acceptors (Lipinski definition) is 6. The van der Waals surface area contributed by atoms with Crippen molar-refractivity contribution in [1.82, 2.24) is 15.3 Å². The van der Waals surface area contributed by atoms with Crippen LogP contribution in [0.1, 0.15) is 39.2 Å². The van der Waals surface area contributed by atoms with Crippen molar-refractivity contribution in [2.45, 2.75) is 37.4 Å². The molecule has 2 N–H and O–H groups in total. The SMILES string of the molecule is O=C(CSc1nc(-c2ccccc2)cc(-c2ccccc2)n1)Nc1sc2c(c1C(=O)NCc1ccccc1)CCCC2. The second kappa shape index (κ2) is 13.1. The highest BCUT2D eigenvalue weighted by atomic mass is 32.2. The van der Waals surface area contributed by atoms with Gasteiger partial charge in [0.1, 0.15) is 5.00 Å². The molecular formula is C34H30N4O2S2. The van der Waals surface area contributed by atoms with Crippen molar-refractivity contribution in [3.05, 3.63) is 119 Å². The van der Waals surface area contributed by atoms with E-state index in [-0.39, 0.29) is 17.6 Å². The monoisotopic (exact) mass is 590 g/mol. The fraction of sp³-hybridized carbons (Fsp3) is 0.176. The van der Waals surface area contributed by atoms with Gasteiger partial charge in [0.2, 0.25) is 5.91 Å². The molecule has 0 atom stereocenters. The number of amides is 2. The molecule has 0 radical (unpaired) electrons. The topological polar surface area (TPSA) is 84.0 Å². The minimum Gasteiger partial charge on any atom is -0.348 e. The highest BCUT2D eigenvalue weighted by molar-refractivity contribution is 7.99. The largest absolute Gasteiger partial charge is 0.348 e. The first-order chi connectivity index (χ1) is 20.6. The van der Waals surface area contributed by atoms with Gasteiger partial charge in [0.15, 0.2) is 5.16 Å². The number of thiophene rings is 1. The third-order valence-electron chi connectivity index (χ3n) is 7.12. The van der Waals surface area contributed by atoms with E-state index in [0.717, 1.165) is 59.3 Å². The summed E-state index contributed by atoms with van der Waals surface area (Å²) in [6.07, 6.45) is 3.93. The van der Waals surface area contributed by atoms with E-state index in [0.29, 0.717) is 22.3 Å². The zero-order valence-electron chi connectivity index (χ0n) is 23.0. The zero-order chi connectivity index (χ0) is 28.7. The number of hydrogen-bond donors (Lipinski definition) is 2. The summed E-state index contributed by atoms with van der Waals surface area (Å²) in [5.41, 5.74) is 6.29. The number of aryl methyl sites for hydroxylation is 1. The van der Waals surface area contributed by atoms with Gasteiger partial charge in [-0.25, -0.2) is 9.97 Å². The van der Waals surface area contributed by atoms with Gasteiger partial charge < -0.3 is 10.6 Å². The van der Waals surface area contributed by atoms with Crippen molar-refractivity contribution in [3.63, 3.8) is 0 Å². The summed E-state index contributed by atoms with van der Waals surface area (Å²) >= 11 is 2.82. The van der Waals surface area contributed by atoms with E-state index in [1.165, 1.54) is 28.0 Å². The van der Waals surface area contributed by atoms with Crippen LogP contribution in [0.15, 0.2) is 102 Å². The molecule has 0 fully saturated rings. The molecule has 8 heteroatoms. The van der Waals surface area contributed by atoms with E-state index in [2.05, 4.69) is 10.6 Å². The molecule has 6 nitrogen and oxygen atoms in total. The number of aromatic nitrogens is 2. The summed E-state index contributed by atoms with van der Waals surface area (Å²) in [7, 11) is 0. The number of nitrogens with one attached hydrogen (secondary N) is 2. The fourth-order valence-electron chi connectivity index (χ4n) is 5.06. The Bertz CT molecular complexity index is 1630. The maximum absolute atomic E-state index is 13.4. The number of rotatable bonds is 9. The van der Waals surface area contributed by atoms with Gasteiger partial charge in [0.05, 0.1) is 22.7 Å². The van der Waals surface area contributed by atoms with E-state index >= 15 is 0 Å².